The van der Waals surface area contributed by atoms with E-state index >= 15 is 0 Å². The van der Waals surface area contributed by atoms with Gasteiger partial charge in [0, 0.05) is 23.0 Å². The summed E-state index contributed by atoms with van der Waals surface area (Å²) in [6.45, 7) is 2.14. The van der Waals surface area contributed by atoms with Crippen LogP contribution in [0.2, 0.25) is 0 Å². The van der Waals surface area contributed by atoms with E-state index in [1.54, 1.807) is 0 Å². The van der Waals surface area contributed by atoms with Crippen LogP contribution in [0.3, 0.4) is 0 Å². The molecule has 0 aliphatic heterocycles. The van der Waals surface area contributed by atoms with Crippen molar-refractivity contribution in [2.24, 2.45) is 0 Å². The number of hydrogen-bond acceptors (Lipinski definition) is 1. The highest BCUT2D eigenvalue weighted by molar-refractivity contribution is 14.1. The molecule has 0 aliphatic carbocycles. The van der Waals surface area contributed by atoms with Crippen molar-refractivity contribution in [3.63, 3.8) is 0 Å². The third kappa shape index (κ3) is 1.32. The molecule has 0 amide bonds. The van der Waals surface area contributed by atoms with Gasteiger partial charge in [-0.1, -0.05) is 12.1 Å². The summed E-state index contributed by atoms with van der Waals surface area (Å²) in [4.78, 5) is 1.36. The summed E-state index contributed by atoms with van der Waals surface area (Å²) in [5, 5.41) is 1.34. The van der Waals surface area contributed by atoms with Gasteiger partial charge in [-0.15, -0.1) is 11.3 Å². The molecule has 62 valence electrons. The van der Waals surface area contributed by atoms with Crippen molar-refractivity contribution in [3.05, 3.63) is 31.1 Å². The Bertz CT molecular complexity index is 433. The van der Waals surface area contributed by atoms with Crippen LogP contribution in [0.15, 0.2) is 22.7 Å². The van der Waals surface area contributed by atoms with Crippen LogP contribution < -0.4 is 0 Å². The molecular formula is C9H6BrIS. The number of fused-ring (bicyclic) bond motifs is 1. The van der Waals surface area contributed by atoms with Gasteiger partial charge in [0.1, 0.15) is 0 Å². The third-order valence-electron chi connectivity index (χ3n) is 1.77. The van der Waals surface area contributed by atoms with Crippen LogP contribution in [0.4, 0.5) is 0 Å². The van der Waals surface area contributed by atoms with Crippen LogP contribution in [0.25, 0.3) is 10.1 Å². The molecule has 0 spiro atoms. The second-order valence-corrected chi connectivity index (χ2v) is 5.77. The number of hydrogen-bond donors (Lipinski definition) is 0. The van der Waals surface area contributed by atoms with Crippen molar-refractivity contribution in [2.75, 3.05) is 0 Å². The number of rotatable bonds is 0. The minimum atomic E-state index is 1.25. The minimum Gasteiger partial charge on any atom is -0.138 e. The number of halogens is 2. The predicted molar refractivity (Wildman–Crippen MR) is 67.0 cm³/mol. The number of benzene rings is 1. The standard InChI is InChI=1S/C9H6BrIS/c1-5-8(10)6-3-2-4-7(11)9(6)12-5/h2-4H,1H3. The van der Waals surface area contributed by atoms with Gasteiger partial charge in [-0.2, -0.15) is 0 Å². The molecule has 2 rings (SSSR count). The molecule has 0 N–H and O–H groups in total. The Morgan fingerprint density at radius 2 is 2.17 bits per heavy atom. The first kappa shape index (κ1) is 8.97. The van der Waals surface area contributed by atoms with E-state index in [1.165, 1.54) is 23.0 Å². The van der Waals surface area contributed by atoms with E-state index in [9.17, 15) is 0 Å². The monoisotopic (exact) mass is 352 g/mol. The van der Waals surface area contributed by atoms with Gasteiger partial charge in [-0.3, -0.25) is 0 Å². The zero-order valence-electron chi connectivity index (χ0n) is 6.40. The largest absolute Gasteiger partial charge is 0.138 e. The van der Waals surface area contributed by atoms with E-state index in [0.717, 1.165) is 0 Å². The van der Waals surface area contributed by atoms with Crippen LogP contribution in [-0.4, -0.2) is 0 Å². The lowest BCUT2D eigenvalue weighted by Gasteiger charge is -1.91. The zero-order chi connectivity index (χ0) is 8.72. The predicted octanol–water partition coefficient (Wildman–Crippen LogP) is 4.58. The molecule has 0 unspecified atom stereocenters. The molecule has 0 nitrogen and oxygen atoms in total. The molecule has 0 saturated heterocycles. The van der Waals surface area contributed by atoms with Gasteiger partial charge in [-0.05, 0) is 51.5 Å². The normalized spacial score (nSPS) is 10.9. The van der Waals surface area contributed by atoms with E-state index in [1.807, 2.05) is 11.3 Å². The second kappa shape index (κ2) is 3.27. The maximum atomic E-state index is 3.59. The Morgan fingerprint density at radius 1 is 1.42 bits per heavy atom. The van der Waals surface area contributed by atoms with Crippen LogP contribution in [0, 0.1) is 10.5 Å². The molecule has 1 aromatic heterocycles. The summed E-state index contributed by atoms with van der Waals surface area (Å²) in [5.41, 5.74) is 0. The second-order valence-electron chi connectivity index (χ2n) is 2.59. The van der Waals surface area contributed by atoms with E-state index in [0.29, 0.717) is 0 Å². The molecule has 0 aliphatic rings. The molecule has 1 heterocycles. The van der Waals surface area contributed by atoms with E-state index in [4.69, 9.17) is 0 Å². The maximum absolute atomic E-state index is 3.59. The Kier molecular flexibility index (Phi) is 2.44. The van der Waals surface area contributed by atoms with Crippen LogP contribution in [-0.2, 0) is 0 Å². The summed E-state index contributed by atoms with van der Waals surface area (Å²) in [6, 6.07) is 6.40. The van der Waals surface area contributed by atoms with Crippen molar-refractivity contribution >= 4 is 59.9 Å². The van der Waals surface area contributed by atoms with Gasteiger partial charge >= 0.3 is 0 Å². The van der Waals surface area contributed by atoms with Crippen molar-refractivity contribution in [1.82, 2.24) is 0 Å². The van der Waals surface area contributed by atoms with Crippen LogP contribution in [0.1, 0.15) is 4.88 Å². The van der Waals surface area contributed by atoms with Crippen molar-refractivity contribution in [3.8, 4) is 0 Å². The quantitative estimate of drug-likeness (QED) is 0.609. The molecular weight excluding hydrogens is 347 g/mol. The van der Waals surface area contributed by atoms with Crippen molar-refractivity contribution < 1.29 is 0 Å². The van der Waals surface area contributed by atoms with Gasteiger partial charge in [0.25, 0.3) is 0 Å². The lowest BCUT2D eigenvalue weighted by Crippen LogP contribution is -1.68. The lowest BCUT2D eigenvalue weighted by molar-refractivity contribution is 1.61. The fraction of sp³-hybridized carbons (Fsp3) is 0.111. The Balaban J connectivity index is 2.95. The number of aryl methyl sites for hydroxylation is 1. The Hall–Kier alpha value is 0.390. The average Bonchev–Trinajstić information content (AvgIpc) is 2.32. The molecule has 3 heteroatoms. The van der Waals surface area contributed by atoms with Gasteiger partial charge in [0.2, 0.25) is 0 Å². The fourth-order valence-electron chi connectivity index (χ4n) is 1.17. The summed E-state index contributed by atoms with van der Waals surface area (Å²) in [7, 11) is 0. The SMILES string of the molecule is Cc1sc2c(I)cccc2c1Br. The maximum Gasteiger partial charge on any atom is 0.0490 e. The molecule has 0 saturated carbocycles. The van der Waals surface area contributed by atoms with Gasteiger partial charge in [0.15, 0.2) is 0 Å². The minimum absolute atomic E-state index is 1.25. The topological polar surface area (TPSA) is 0 Å². The molecule has 0 fully saturated rings. The smallest absolute Gasteiger partial charge is 0.0490 e. The highest BCUT2D eigenvalue weighted by Crippen LogP contribution is 2.36. The average molecular weight is 353 g/mol. The lowest BCUT2D eigenvalue weighted by atomic mass is 10.2. The third-order valence-corrected chi connectivity index (χ3v) is 5.47. The molecule has 1 aromatic carbocycles. The molecule has 0 bridgehead atoms. The summed E-state index contributed by atoms with van der Waals surface area (Å²) in [6.07, 6.45) is 0. The van der Waals surface area contributed by atoms with Gasteiger partial charge < -0.3 is 0 Å². The summed E-state index contributed by atoms with van der Waals surface area (Å²) >= 11 is 7.82. The van der Waals surface area contributed by atoms with E-state index in [2.05, 4.69) is 63.6 Å². The summed E-state index contributed by atoms with van der Waals surface area (Å²) in [5.74, 6) is 0. The van der Waals surface area contributed by atoms with E-state index in [-0.39, 0.29) is 0 Å². The zero-order valence-corrected chi connectivity index (χ0v) is 11.0. The molecule has 0 atom stereocenters. The van der Waals surface area contributed by atoms with Gasteiger partial charge in [0.05, 0.1) is 0 Å². The van der Waals surface area contributed by atoms with Crippen LogP contribution in [0.5, 0.6) is 0 Å². The van der Waals surface area contributed by atoms with E-state index < -0.39 is 0 Å². The molecule has 0 radical (unpaired) electrons. The molecule has 2 aromatic rings. The Morgan fingerprint density at radius 3 is 2.83 bits per heavy atom. The first-order valence-corrected chi connectivity index (χ1v) is 6.22. The van der Waals surface area contributed by atoms with Gasteiger partial charge in [-0.25, -0.2) is 0 Å². The highest BCUT2D eigenvalue weighted by atomic mass is 127. The van der Waals surface area contributed by atoms with Crippen LogP contribution >= 0.6 is 49.9 Å². The first-order chi connectivity index (χ1) is 5.70. The number of thiophene rings is 1. The summed E-state index contributed by atoms with van der Waals surface area (Å²) < 4.78 is 3.98. The fourth-order valence-corrected chi connectivity index (χ4v) is 3.66. The van der Waals surface area contributed by atoms with Crippen molar-refractivity contribution in [1.29, 1.82) is 0 Å². The highest BCUT2D eigenvalue weighted by Gasteiger charge is 2.07. The first-order valence-electron chi connectivity index (χ1n) is 3.53. The Labute approximate surface area is 97.2 Å². The molecule has 12 heavy (non-hydrogen) atoms. The van der Waals surface area contributed by atoms with Crippen molar-refractivity contribution in [2.45, 2.75) is 6.92 Å².